The molecule has 0 fully saturated rings. The second kappa shape index (κ2) is 60.6. The van der Waals surface area contributed by atoms with Crippen molar-refractivity contribution >= 4 is 23.5 Å². The van der Waals surface area contributed by atoms with E-state index in [1.807, 2.05) is 0 Å². The predicted molar refractivity (Wildman–Crippen MR) is 336 cm³/mol. The van der Waals surface area contributed by atoms with Crippen molar-refractivity contribution in [3.8, 4) is 0 Å². The molecule has 0 N–H and O–H groups in total. The molecule has 5 nitrogen and oxygen atoms in total. The van der Waals surface area contributed by atoms with Crippen molar-refractivity contribution in [2.75, 3.05) is 0 Å². The van der Waals surface area contributed by atoms with Crippen LogP contribution >= 0.6 is 0 Å². The normalized spacial score (nSPS) is 13.6. The third-order valence-corrected chi connectivity index (χ3v) is 13.5. The number of allylic oxidation sites excluding steroid dienone is 24. The summed E-state index contributed by atoms with van der Waals surface area (Å²) in [4.78, 5) is 55.5. The van der Waals surface area contributed by atoms with Crippen LogP contribution in [-0.2, 0) is 23.9 Å². The maximum atomic E-state index is 13.9. The summed E-state index contributed by atoms with van der Waals surface area (Å²) in [5.74, 6) is -3.74. The Bertz CT molecular complexity index is 1640. The summed E-state index contributed by atoms with van der Waals surface area (Å²) in [5.41, 5.74) is 0. The number of carbonyl (C=O) groups is 4. The molecule has 0 aliphatic heterocycles. The molecule has 0 aliphatic carbocycles. The summed E-state index contributed by atoms with van der Waals surface area (Å²) in [6.45, 7) is 8.60. The van der Waals surface area contributed by atoms with Gasteiger partial charge in [-0.2, -0.15) is 0 Å². The molecule has 0 spiro atoms. The van der Waals surface area contributed by atoms with Crippen molar-refractivity contribution < 1.29 is 23.9 Å². The average molecular weight is 1060 g/mol. The van der Waals surface area contributed by atoms with E-state index in [2.05, 4.69) is 174 Å². The van der Waals surface area contributed by atoms with Crippen LogP contribution in [0, 0.1) is 11.8 Å². The van der Waals surface area contributed by atoms with E-state index < -0.39 is 23.8 Å². The van der Waals surface area contributed by atoms with Gasteiger partial charge in [0.25, 0.3) is 0 Å². The lowest BCUT2D eigenvalue weighted by molar-refractivity contribution is -0.167. The lowest BCUT2D eigenvalue weighted by Gasteiger charge is -2.18. The molecule has 5 heteroatoms. The van der Waals surface area contributed by atoms with Gasteiger partial charge in [-0.1, -0.05) is 251 Å². The SMILES string of the molecule is CC/C=C\C/C=C\C/C=C\CCCCCCCC(=O)C(CCCCCC/C=C\C/C=C\C/C=C\CC)C(=O)OC(=O)C(CCCCCC/C=C\C/C=C\C/C=C\CC)C(=O)CCCCCCC/C=C\C/C=C\C/C=C\CC. The fourth-order valence-corrected chi connectivity index (χ4v) is 8.83. The summed E-state index contributed by atoms with van der Waals surface area (Å²) in [7, 11) is 0. The summed E-state index contributed by atoms with van der Waals surface area (Å²) in [6, 6.07) is 0. The van der Waals surface area contributed by atoms with Crippen LogP contribution in [0.15, 0.2) is 146 Å². The van der Waals surface area contributed by atoms with Gasteiger partial charge < -0.3 is 4.74 Å². The number of esters is 2. The first kappa shape index (κ1) is 72.4. The minimum Gasteiger partial charge on any atom is -0.392 e. The lowest BCUT2D eigenvalue weighted by Crippen LogP contribution is -2.33. The molecular formula is C72H114O5. The number of Topliss-reactive ketones (excluding diaryl/α,β-unsaturated/α-hetero) is 2. The third-order valence-electron chi connectivity index (χ3n) is 13.5. The van der Waals surface area contributed by atoms with Crippen LogP contribution in [0.1, 0.15) is 272 Å². The van der Waals surface area contributed by atoms with Gasteiger partial charge in [-0.25, -0.2) is 0 Å². The molecule has 77 heavy (non-hydrogen) atoms. The van der Waals surface area contributed by atoms with Gasteiger partial charge in [0.15, 0.2) is 0 Å². The monoisotopic (exact) mass is 1060 g/mol. The molecule has 0 bridgehead atoms. The van der Waals surface area contributed by atoms with Crippen LogP contribution in [0.4, 0.5) is 0 Å². The summed E-state index contributed by atoms with van der Waals surface area (Å²) in [5, 5.41) is 0. The van der Waals surface area contributed by atoms with Crippen molar-refractivity contribution in [1.29, 1.82) is 0 Å². The topological polar surface area (TPSA) is 77.5 Å². The molecule has 0 aromatic carbocycles. The molecule has 0 saturated carbocycles. The van der Waals surface area contributed by atoms with Crippen molar-refractivity contribution in [2.45, 2.75) is 272 Å². The highest BCUT2D eigenvalue weighted by Gasteiger charge is 2.34. The Kier molecular flexibility index (Phi) is 56.9. The van der Waals surface area contributed by atoms with Gasteiger partial charge in [-0.3, -0.25) is 19.2 Å². The maximum Gasteiger partial charge on any atom is 0.324 e. The molecule has 0 amide bonds. The van der Waals surface area contributed by atoms with E-state index in [0.717, 1.165) is 205 Å². The smallest absolute Gasteiger partial charge is 0.324 e. The zero-order valence-electron chi connectivity index (χ0n) is 49.9. The van der Waals surface area contributed by atoms with E-state index in [4.69, 9.17) is 4.74 Å². The molecular weight excluding hydrogens is 945 g/mol. The second-order valence-corrected chi connectivity index (χ2v) is 20.5. The molecule has 0 aromatic heterocycles. The van der Waals surface area contributed by atoms with Gasteiger partial charge >= 0.3 is 11.9 Å². The quantitative estimate of drug-likeness (QED) is 0.0262. The summed E-state index contributed by atoms with van der Waals surface area (Å²) in [6.07, 6.45) is 87.8. The van der Waals surface area contributed by atoms with Crippen LogP contribution < -0.4 is 0 Å². The first-order valence-electron chi connectivity index (χ1n) is 31.5. The number of ether oxygens (including phenoxy) is 1. The van der Waals surface area contributed by atoms with Gasteiger partial charge in [0.05, 0.1) is 0 Å². The van der Waals surface area contributed by atoms with Crippen LogP contribution in [0.25, 0.3) is 0 Å². The van der Waals surface area contributed by atoms with Gasteiger partial charge in [-0.05, 0) is 154 Å². The summed E-state index contributed by atoms with van der Waals surface area (Å²) < 4.78 is 5.63. The van der Waals surface area contributed by atoms with E-state index in [-0.39, 0.29) is 11.6 Å². The van der Waals surface area contributed by atoms with Gasteiger partial charge in [-0.15, -0.1) is 0 Å². The van der Waals surface area contributed by atoms with Crippen molar-refractivity contribution in [1.82, 2.24) is 0 Å². The van der Waals surface area contributed by atoms with E-state index in [1.54, 1.807) is 0 Å². The molecule has 0 aromatic rings. The summed E-state index contributed by atoms with van der Waals surface area (Å²) >= 11 is 0. The fraction of sp³-hybridized carbons (Fsp3) is 0.611. The van der Waals surface area contributed by atoms with E-state index in [0.29, 0.717) is 38.5 Å². The van der Waals surface area contributed by atoms with Crippen LogP contribution in [0.2, 0.25) is 0 Å². The highest BCUT2D eigenvalue weighted by Crippen LogP contribution is 2.23. The lowest BCUT2D eigenvalue weighted by atomic mass is 9.91. The number of hydrogen-bond acceptors (Lipinski definition) is 5. The predicted octanol–water partition coefficient (Wildman–Crippen LogP) is 22.0. The van der Waals surface area contributed by atoms with Crippen LogP contribution in [0.3, 0.4) is 0 Å². The molecule has 2 atom stereocenters. The Morgan fingerprint density at radius 3 is 0.727 bits per heavy atom. The van der Waals surface area contributed by atoms with Crippen molar-refractivity contribution in [2.24, 2.45) is 11.8 Å². The van der Waals surface area contributed by atoms with E-state index in [9.17, 15) is 19.2 Å². The number of rotatable bonds is 54. The molecule has 432 valence electrons. The second-order valence-electron chi connectivity index (χ2n) is 20.5. The fourth-order valence-electron chi connectivity index (χ4n) is 8.83. The third kappa shape index (κ3) is 51.9. The zero-order chi connectivity index (χ0) is 56.0. The minimum atomic E-state index is -0.976. The standard InChI is InChI=1S/C72H114O5/c1-5-9-13-17-21-25-29-33-37-41-45-49-53-57-61-65-69(73)67(63-59-55-51-47-43-39-35-31-27-23-19-15-11-7-3)71(75)77-72(76)68(64-60-56-52-48-44-40-36-32-28-24-20-16-12-8-4)70(74)66-62-58-54-50-46-42-38-34-30-26-22-18-14-10-6-2/h9-16,21-28,33-40,67-68H,5-8,17-20,29-32,41-66H2,1-4H3/b13-9-,14-10-,15-11-,16-12-,25-21-,26-22-,27-23-,28-24-,37-33-,38-34-,39-35-,40-36-. The Labute approximate surface area is 474 Å². The Balaban J connectivity index is 5.51. The number of unbranched alkanes of at least 4 members (excludes halogenated alkanes) is 18. The van der Waals surface area contributed by atoms with Crippen molar-refractivity contribution in [3.05, 3.63) is 146 Å². The maximum absolute atomic E-state index is 13.9. The number of ketones is 2. The first-order chi connectivity index (χ1) is 37.9. The molecule has 2 unspecified atom stereocenters. The van der Waals surface area contributed by atoms with Gasteiger partial charge in [0.2, 0.25) is 0 Å². The van der Waals surface area contributed by atoms with Gasteiger partial charge in [0, 0.05) is 12.8 Å². The number of carbonyl (C=O) groups excluding carboxylic acids is 4. The average Bonchev–Trinajstić information content (AvgIpc) is 3.42. The number of hydrogen-bond donors (Lipinski definition) is 0. The molecule has 0 radical (unpaired) electrons. The molecule has 0 aliphatic rings. The van der Waals surface area contributed by atoms with Gasteiger partial charge in [0.1, 0.15) is 23.4 Å². The Hall–Kier alpha value is -4.64. The molecule has 0 saturated heterocycles. The van der Waals surface area contributed by atoms with E-state index >= 15 is 0 Å². The zero-order valence-corrected chi connectivity index (χ0v) is 49.9. The van der Waals surface area contributed by atoms with E-state index in [1.165, 1.54) is 0 Å². The molecule has 0 rings (SSSR count). The van der Waals surface area contributed by atoms with Crippen LogP contribution in [-0.4, -0.2) is 23.5 Å². The van der Waals surface area contributed by atoms with Crippen LogP contribution in [0.5, 0.6) is 0 Å². The highest BCUT2D eigenvalue weighted by molar-refractivity contribution is 6.06. The largest absolute Gasteiger partial charge is 0.392 e. The first-order valence-corrected chi connectivity index (χ1v) is 31.5. The van der Waals surface area contributed by atoms with Crippen molar-refractivity contribution in [3.63, 3.8) is 0 Å². The Morgan fingerprint density at radius 2 is 0.468 bits per heavy atom. The minimum absolute atomic E-state index is 0.134. The molecule has 0 heterocycles. The highest BCUT2D eigenvalue weighted by atomic mass is 16.6. The Morgan fingerprint density at radius 1 is 0.260 bits per heavy atom.